The molecule has 2 aromatic carbocycles. The molecular formula is C27H27BrN6O4S. The quantitative estimate of drug-likeness (QED) is 0.284. The molecule has 10 nitrogen and oxygen atoms in total. The van der Waals surface area contributed by atoms with Gasteiger partial charge in [0.25, 0.3) is 0 Å². The van der Waals surface area contributed by atoms with E-state index in [1.807, 2.05) is 47.4 Å². The number of hydrogen-bond donors (Lipinski definition) is 1. The lowest BCUT2D eigenvalue weighted by Gasteiger charge is -2.35. The number of amides is 1. The Kier molecular flexibility index (Phi) is 7.47. The lowest BCUT2D eigenvalue weighted by molar-refractivity contribution is 0.0648. The predicted molar refractivity (Wildman–Crippen MR) is 150 cm³/mol. The van der Waals surface area contributed by atoms with E-state index in [2.05, 4.69) is 30.5 Å². The summed E-state index contributed by atoms with van der Waals surface area (Å²) in [5.74, 6) is 1.72. The maximum Gasteiger partial charge on any atom is 0.410 e. The number of nitrogens with zero attached hydrogens (tertiary/aromatic N) is 5. The average molecular weight is 612 g/mol. The van der Waals surface area contributed by atoms with Crippen LogP contribution in [0, 0.1) is 0 Å². The zero-order chi connectivity index (χ0) is 26.8. The third kappa shape index (κ3) is 5.48. The largest absolute Gasteiger partial charge is 0.454 e. The van der Waals surface area contributed by atoms with Crippen LogP contribution >= 0.6 is 27.7 Å². The fourth-order valence-electron chi connectivity index (χ4n) is 4.91. The van der Waals surface area contributed by atoms with Crippen LogP contribution in [0.4, 0.5) is 10.6 Å². The molecule has 2 aromatic heterocycles. The van der Waals surface area contributed by atoms with Crippen LogP contribution < -0.4 is 15.2 Å². The standard InChI is InChI=1S/C27H27BrN6O4S/c28-19-12-20-21(38-16-37-20)13-22(19)39-26-32-23-24(29)30-15-31-25(23)34(26)11-9-18-8-4-5-10-33(18)27(35)36-14-17-6-2-1-3-7-17/h1-3,6-7,12-13,15,18H,4-5,8-11,14,16H2,(H2,29,30,31). The normalized spacial score (nSPS) is 16.5. The van der Waals surface area contributed by atoms with E-state index < -0.39 is 0 Å². The van der Waals surface area contributed by atoms with Gasteiger partial charge in [-0.1, -0.05) is 42.1 Å². The Morgan fingerprint density at radius 3 is 2.82 bits per heavy atom. The van der Waals surface area contributed by atoms with Gasteiger partial charge in [-0.05, 0) is 59.3 Å². The van der Waals surface area contributed by atoms with Crippen LogP contribution in [0.1, 0.15) is 31.2 Å². The molecule has 1 saturated heterocycles. The maximum atomic E-state index is 13.1. The van der Waals surface area contributed by atoms with Crippen molar-refractivity contribution in [2.24, 2.45) is 0 Å². The number of rotatable bonds is 7. The number of aromatic nitrogens is 4. The number of hydrogen-bond acceptors (Lipinski definition) is 9. The molecule has 0 saturated carbocycles. The van der Waals surface area contributed by atoms with E-state index in [1.165, 1.54) is 18.1 Å². The first-order valence-electron chi connectivity index (χ1n) is 12.8. The minimum Gasteiger partial charge on any atom is -0.454 e. The second-order valence-corrected chi connectivity index (χ2v) is 11.3. The molecule has 0 bridgehead atoms. The zero-order valence-corrected chi connectivity index (χ0v) is 23.5. The fraction of sp³-hybridized carbons (Fsp3) is 0.333. The van der Waals surface area contributed by atoms with Gasteiger partial charge in [0, 0.05) is 28.5 Å². The first-order valence-corrected chi connectivity index (χ1v) is 14.4. The summed E-state index contributed by atoms with van der Waals surface area (Å²) in [5, 5.41) is 0.728. The highest BCUT2D eigenvalue weighted by Crippen LogP contribution is 2.43. The van der Waals surface area contributed by atoms with Gasteiger partial charge >= 0.3 is 6.09 Å². The molecule has 1 fully saturated rings. The van der Waals surface area contributed by atoms with Gasteiger partial charge in [-0.15, -0.1) is 0 Å². The summed E-state index contributed by atoms with van der Waals surface area (Å²) in [6.45, 7) is 1.75. The molecule has 4 heterocycles. The van der Waals surface area contributed by atoms with Crippen molar-refractivity contribution in [2.75, 3.05) is 19.1 Å². The molecule has 2 aliphatic rings. The zero-order valence-electron chi connectivity index (χ0n) is 21.1. The third-order valence-corrected chi connectivity index (χ3v) is 8.88. The number of nitrogens with two attached hydrogens (primary N) is 1. The molecule has 0 aliphatic carbocycles. The maximum absolute atomic E-state index is 13.1. The van der Waals surface area contributed by atoms with Crippen LogP contribution in [-0.2, 0) is 17.9 Å². The summed E-state index contributed by atoms with van der Waals surface area (Å²) in [7, 11) is 0. The van der Waals surface area contributed by atoms with Crippen LogP contribution in [-0.4, -0.2) is 49.9 Å². The Bertz CT molecular complexity index is 1500. The smallest absolute Gasteiger partial charge is 0.410 e. The van der Waals surface area contributed by atoms with Crippen molar-refractivity contribution in [3.05, 3.63) is 58.8 Å². The number of benzene rings is 2. The van der Waals surface area contributed by atoms with Gasteiger partial charge in [0.15, 0.2) is 33.6 Å². The highest BCUT2D eigenvalue weighted by atomic mass is 79.9. The number of likely N-dealkylation sites (tertiary alicyclic amines) is 1. The van der Waals surface area contributed by atoms with Gasteiger partial charge in [-0.25, -0.2) is 19.7 Å². The summed E-state index contributed by atoms with van der Waals surface area (Å²) in [5.41, 5.74) is 8.35. The topological polar surface area (TPSA) is 118 Å². The number of carbonyl (C=O) groups excluding carboxylic acids is 1. The van der Waals surface area contributed by atoms with Gasteiger partial charge in [0.05, 0.1) is 0 Å². The number of fused-ring (bicyclic) bond motifs is 2. The number of piperidine rings is 1. The average Bonchev–Trinajstić information content (AvgIpc) is 3.56. The van der Waals surface area contributed by atoms with Crippen LogP contribution in [0.15, 0.2) is 63.3 Å². The summed E-state index contributed by atoms with van der Waals surface area (Å²) >= 11 is 5.12. The monoisotopic (exact) mass is 610 g/mol. The minimum absolute atomic E-state index is 0.0498. The van der Waals surface area contributed by atoms with Crippen LogP contribution in [0.3, 0.4) is 0 Å². The fourth-order valence-corrected chi connectivity index (χ4v) is 6.42. The molecular weight excluding hydrogens is 584 g/mol. The number of anilines is 1. The molecule has 1 atom stereocenters. The molecule has 2 N–H and O–H groups in total. The van der Waals surface area contributed by atoms with E-state index in [4.69, 9.17) is 24.9 Å². The first-order chi connectivity index (χ1) is 19.1. The molecule has 1 amide bonds. The van der Waals surface area contributed by atoms with Crippen molar-refractivity contribution in [2.45, 2.75) is 54.9 Å². The highest BCUT2D eigenvalue weighted by molar-refractivity contribution is 9.10. The van der Waals surface area contributed by atoms with E-state index in [0.29, 0.717) is 41.6 Å². The van der Waals surface area contributed by atoms with Crippen molar-refractivity contribution in [1.82, 2.24) is 24.4 Å². The molecule has 0 radical (unpaired) electrons. The second-order valence-electron chi connectivity index (χ2n) is 9.39. The highest BCUT2D eigenvalue weighted by Gasteiger charge is 2.29. The third-order valence-electron chi connectivity index (χ3n) is 6.91. The summed E-state index contributed by atoms with van der Waals surface area (Å²) in [6, 6.07) is 13.6. The lowest BCUT2D eigenvalue weighted by atomic mass is 10.00. The molecule has 2 aliphatic heterocycles. The number of ether oxygens (including phenoxy) is 3. The predicted octanol–water partition coefficient (Wildman–Crippen LogP) is 5.63. The Morgan fingerprint density at radius 2 is 1.97 bits per heavy atom. The Labute approximate surface area is 238 Å². The van der Waals surface area contributed by atoms with Crippen molar-refractivity contribution in [3.63, 3.8) is 0 Å². The summed E-state index contributed by atoms with van der Waals surface area (Å²) in [6.07, 6.45) is 4.86. The van der Waals surface area contributed by atoms with E-state index in [9.17, 15) is 4.79 Å². The van der Waals surface area contributed by atoms with Gasteiger partial charge in [0.2, 0.25) is 6.79 Å². The molecule has 6 rings (SSSR count). The minimum atomic E-state index is -0.274. The van der Waals surface area contributed by atoms with Crippen LogP contribution in [0.2, 0.25) is 0 Å². The summed E-state index contributed by atoms with van der Waals surface area (Å²) < 4.78 is 19.7. The van der Waals surface area contributed by atoms with Crippen molar-refractivity contribution >= 4 is 50.8 Å². The van der Waals surface area contributed by atoms with E-state index in [1.54, 1.807) is 0 Å². The number of aryl methyl sites for hydroxylation is 1. The molecule has 1 unspecified atom stereocenters. The van der Waals surface area contributed by atoms with Gasteiger partial charge in [-0.2, -0.15) is 0 Å². The SMILES string of the molecule is Nc1ncnc2c1nc(Sc1cc3c(cc1Br)OCO3)n2CCC1CCCCN1C(=O)OCc1ccccc1. The van der Waals surface area contributed by atoms with E-state index in [0.717, 1.165) is 45.8 Å². The van der Waals surface area contributed by atoms with E-state index >= 15 is 0 Å². The molecule has 0 spiro atoms. The van der Waals surface area contributed by atoms with Crippen molar-refractivity contribution < 1.29 is 19.0 Å². The number of imidazole rings is 1. The number of nitrogen functional groups attached to an aromatic ring is 1. The molecule has 39 heavy (non-hydrogen) atoms. The van der Waals surface area contributed by atoms with Crippen molar-refractivity contribution in [3.8, 4) is 11.5 Å². The Hall–Kier alpha value is -3.51. The molecule has 4 aromatic rings. The van der Waals surface area contributed by atoms with Crippen LogP contribution in [0.25, 0.3) is 11.2 Å². The van der Waals surface area contributed by atoms with Crippen molar-refractivity contribution in [1.29, 1.82) is 0 Å². The van der Waals surface area contributed by atoms with Crippen LogP contribution in [0.5, 0.6) is 11.5 Å². The number of halogens is 1. The Balaban J connectivity index is 1.22. The molecule has 202 valence electrons. The second kappa shape index (κ2) is 11.3. The van der Waals surface area contributed by atoms with Gasteiger partial charge in [0.1, 0.15) is 12.9 Å². The summed E-state index contributed by atoms with van der Waals surface area (Å²) in [4.78, 5) is 29.3. The van der Waals surface area contributed by atoms with Gasteiger partial charge in [-0.3, -0.25) is 0 Å². The first kappa shape index (κ1) is 25.8. The number of carbonyl (C=O) groups is 1. The molecule has 12 heteroatoms. The Morgan fingerprint density at radius 1 is 1.15 bits per heavy atom. The van der Waals surface area contributed by atoms with Gasteiger partial charge < -0.3 is 29.4 Å². The lowest BCUT2D eigenvalue weighted by Crippen LogP contribution is -2.44. The van der Waals surface area contributed by atoms with E-state index in [-0.39, 0.29) is 25.5 Å².